The lowest BCUT2D eigenvalue weighted by Crippen LogP contribution is -2.86. The van der Waals surface area contributed by atoms with Crippen molar-refractivity contribution in [2.45, 2.75) is 19.9 Å². The molecule has 0 fully saturated rings. The predicted molar refractivity (Wildman–Crippen MR) is 93.1 cm³/mol. The van der Waals surface area contributed by atoms with Crippen molar-refractivity contribution in [1.82, 2.24) is 0 Å². The average molecular weight is 349 g/mol. The van der Waals surface area contributed by atoms with Crippen LogP contribution in [0.3, 0.4) is 0 Å². The van der Waals surface area contributed by atoms with Gasteiger partial charge in [-0.2, -0.15) is 0 Å². The number of anilines is 1. The van der Waals surface area contributed by atoms with Crippen LogP contribution in [-0.2, 0) is 4.79 Å². The zero-order chi connectivity index (χ0) is 17.7. The third-order valence-electron chi connectivity index (χ3n) is 3.73. The molecule has 0 saturated carbocycles. The molecule has 1 amide bonds. The van der Waals surface area contributed by atoms with Crippen molar-refractivity contribution < 1.29 is 15.0 Å². The first-order valence-electron chi connectivity index (χ1n) is 7.50. The van der Waals surface area contributed by atoms with Gasteiger partial charge in [0.05, 0.1) is 4.92 Å². The first-order valence-corrected chi connectivity index (χ1v) is 7.88. The van der Waals surface area contributed by atoms with Crippen molar-refractivity contribution in [3.05, 3.63) is 68.7 Å². The van der Waals surface area contributed by atoms with E-state index in [0.29, 0.717) is 16.3 Å². The summed E-state index contributed by atoms with van der Waals surface area (Å²) in [4.78, 5) is 22.4. The summed E-state index contributed by atoms with van der Waals surface area (Å²) >= 11 is 5.97. The summed E-state index contributed by atoms with van der Waals surface area (Å²) in [5, 5.41) is 16.1. The lowest BCUT2D eigenvalue weighted by Gasteiger charge is -2.12. The Balaban J connectivity index is 1.93. The number of hydrogen-bond donors (Lipinski definition) is 2. The maximum absolute atomic E-state index is 12.1. The lowest BCUT2D eigenvalue weighted by molar-refractivity contribution is -0.682. The highest BCUT2D eigenvalue weighted by atomic mass is 35.5. The lowest BCUT2D eigenvalue weighted by atomic mass is 10.1. The summed E-state index contributed by atoms with van der Waals surface area (Å²) in [6, 6.07) is 12.0. The molecule has 0 aliphatic carbocycles. The number of nitrogens with two attached hydrogens (primary N) is 1. The fraction of sp³-hybridized carbons (Fsp3) is 0.235. The topological polar surface area (TPSA) is 88.9 Å². The molecule has 0 radical (unpaired) electrons. The minimum Gasteiger partial charge on any atom is -0.333 e. The highest BCUT2D eigenvalue weighted by Crippen LogP contribution is 2.21. The second-order valence-electron chi connectivity index (χ2n) is 5.59. The predicted octanol–water partition coefficient (Wildman–Crippen LogP) is 2.82. The molecule has 0 aliphatic rings. The summed E-state index contributed by atoms with van der Waals surface area (Å²) in [7, 11) is 0. The standard InChI is InChI=1S/C17H18ClN3O3/c1-11-8-15(21(23)24)6-7-16(11)20-17(22)10-19-12(2)13-4-3-5-14(18)9-13/h3-9,12,19H,10H2,1-2H3,(H,20,22)/p+1/t12-/m1/s1. The van der Waals surface area contributed by atoms with Gasteiger partial charge in [0, 0.05) is 28.4 Å². The van der Waals surface area contributed by atoms with Crippen LogP contribution >= 0.6 is 11.6 Å². The van der Waals surface area contributed by atoms with Gasteiger partial charge in [0.1, 0.15) is 6.04 Å². The van der Waals surface area contributed by atoms with Crippen LogP contribution in [-0.4, -0.2) is 17.4 Å². The van der Waals surface area contributed by atoms with Gasteiger partial charge >= 0.3 is 0 Å². The Morgan fingerprint density at radius 1 is 1.33 bits per heavy atom. The first kappa shape index (κ1) is 17.9. The minimum atomic E-state index is -0.459. The van der Waals surface area contributed by atoms with E-state index in [-0.39, 0.29) is 24.2 Å². The van der Waals surface area contributed by atoms with E-state index in [1.165, 1.54) is 12.1 Å². The number of nitro groups is 1. The van der Waals surface area contributed by atoms with E-state index < -0.39 is 4.92 Å². The SMILES string of the molecule is Cc1cc([N+](=O)[O-])ccc1NC(=O)C[NH2+][C@H](C)c1cccc(Cl)c1. The highest BCUT2D eigenvalue weighted by molar-refractivity contribution is 6.30. The summed E-state index contributed by atoms with van der Waals surface area (Å²) in [6.07, 6.45) is 0. The number of non-ortho nitro benzene ring substituents is 1. The molecule has 0 spiro atoms. The minimum absolute atomic E-state index is 0.00615. The number of carbonyl (C=O) groups excluding carboxylic acids is 1. The Labute approximate surface area is 145 Å². The molecule has 2 aromatic carbocycles. The molecule has 6 nitrogen and oxygen atoms in total. The zero-order valence-electron chi connectivity index (χ0n) is 13.5. The fourth-order valence-corrected chi connectivity index (χ4v) is 2.51. The molecule has 126 valence electrons. The molecule has 0 heterocycles. The van der Waals surface area contributed by atoms with E-state index in [2.05, 4.69) is 5.32 Å². The Kier molecular flexibility index (Phi) is 5.89. The molecule has 24 heavy (non-hydrogen) atoms. The van der Waals surface area contributed by atoms with Gasteiger partial charge in [-0.3, -0.25) is 14.9 Å². The van der Waals surface area contributed by atoms with E-state index in [0.717, 1.165) is 5.56 Å². The van der Waals surface area contributed by atoms with Crippen molar-refractivity contribution in [3.63, 3.8) is 0 Å². The molecule has 1 atom stereocenters. The van der Waals surface area contributed by atoms with Crippen LogP contribution in [0.15, 0.2) is 42.5 Å². The molecular formula is C17H19ClN3O3+. The van der Waals surface area contributed by atoms with E-state index in [1.54, 1.807) is 13.0 Å². The number of rotatable bonds is 6. The van der Waals surface area contributed by atoms with Gasteiger partial charge in [-0.1, -0.05) is 23.7 Å². The smallest absolute Gasteiger partial charge is 0.279 e. The molecule has 0 saturated heterocycles. The van der Waals surface area contributed by atoms with Gasteiger partial charge in [0.25, 0.3) is 11.6 Å². The van der Waals surface area contributed by atoms with Crippen molar-refractivity contribution in [2.75, 3.05) is 11.9 Å². The number of hydrogen-bond acceptors (Lipinski definition) is 3. The van der Waals surface area contributed by atoms with Crippen LogP contribution < -0.4 is 10.6 Å². The van der Waals surface area contributed by atoms with Crippen molar-refractivity contribution in [2.24, 2.45) is 0 Å². The summed E-state index contributed by atoms with van der Waals surface area (Å²) in [6.45, 7) is 3.96. The zero-order valence-corrected chi connectivity index (χ0v) is 14.2. The number of carbonyl (C=O) groups is 1. The van der Waals surface area contributed by atoms with Crippen molar-refractivity contribution in [1.29, 1.82) is 0 Å². The first-order chi connectivity index (χ1) is 11.4. The Morgan fingerprint density at radius 3 is 2.71 bits per heavy atom. The summed E-state index contributed by atoms with van der Waals surface area (Å²) in [5.41, 5.74) is 2.28. The number of quaternary nitrogens is 1. The molecule has 0 aliphatic heterocycles. The van der Waals surface area contributed by atoms with E-state index in [4.69, 9.17) is 11.6 Å². The maximum atomic E-state index is 12.1. The van der Waals surface area contributed by atoms with Crippen LogP contribution in [0, 0.1) is 17.0 Å². The summed E-state index contributed by atoms with van der Waals surface area (Å²) < 4.78 is 0. The molecule has 7 heteroatoms. The van der Waals surface area contributed by atoms with Crippen LogP contribution in [0.4, 0.5) is 11.4 Å². The summed E-state index contributed by atoms with van der Waals surface area (Å²) in [5.74, 6) is -0.166. The third-order valence-corrected chi connectivity index (χ3v) is 3.96. The number of nitro benzene ring substituents is 1. The van der Waals surface area contributed by atoms with Gasteiger partial charge in [0.2, 0.25) is 0 Å². The molecule has 2 aromatic rings. The van der Waals surface area contributed by atoms with Crippen LogP contribution in [0.1, 0.15) is 24.1 Å². The van der Waals surface area contributed by atoms with Crippen molar-refractivity contribution >= 4 is 28.9 Å². The highest BCUT2D eigenvalue weighted by Gasteiger charge is 2.14. The molecule has 0 aromatic heterocycles. The van der Waals surface area contributed by atoms with Crippen molar-refractivity contribution in [3.8, 4) is 0 Å². The number of nitrogens with zero attached hydrogens (tertiary/aromatic N) is 1. The number of amides is 1. The van der Waals surface area contributed by atoms with E-state index in [9.17, 15) is 14.9 Å². The Hall–Kier alpha value is -2.44. The van der Waals surface area contributed by atoms with Gasteiger partial charge < -0.3 is 10.6 Å². The van der Waals surface area contributed by atoms with E-state index in [1.807, 2.05) is 36.5 Å². The van der Waals surface area contributed by atoms with Gasteiger partial charge in [-0.25, -0.2) is 0 Å². The van der Waals surface area contributed by atoms with E-state index >= 15 is 0 Å². The number of benzene rings is 2. The molecular weight excluding hydrogens is 330 g/mol. The maximum Gasteiger partial charge on any atom is 0.279 e. The number of aryl methyl sites for hydroxylation is 1. The largest absolute Gasteiger partial charge is 0.333 e. The van der Waals surface area contributed by atoms with Gasteiger partial charge in [0.15, 0.2) is 6.54 Å². The molecule has 0 unspecified atom stereocenters. The Bertz CT molecular complexity index is 764. The van der Waals surface area contributed by atoms with Crippen LogP contribution in [0.5, 0.6) is 0 Å². The number of nitrogens with one attached hydrogen (secondary N) is 1. The van der Waals surface area contributed by atoms with Crippen LogP contribution in [0.25, 0.3) is 0 Å². The quantitative estimate of drug-likeness (QED) is 0.621. The van der Waals surface area contributed by atoms with Gasteiger partial charge in [-0.05, 0) is 37.6 Å². The molecule has 0 bridgehead atoms. The molecule has 2 rings (SSSR count). The fourth-order valence-electron chi connectivity index (χ4n) is 2.31. The monoisotopic (exact) mass is 348 g/mol. The second-order valence-corrected chi connectivity index (χ2v) is 6.02. The van der Waals surface area contributed by atoms with Crippen LogP contribution in [0.2, 0.25) is 5.02 Å². The molecule has 3 N–H and O–H groups in total. The Morgan fingerprint density at radius 2 is 2.08 bits per heavy atom. The van der Waals surface area contributed by atoms with Gasteiger partial charge in [-0.15, -0.1) is 0 Å². The average Bonchev–Trinajstić information content (AvgIpc) is 2.54. The number of halogens is 1. The second kappa shape index (κ2) is 7.90. The normalized spacial score (nSPS) is 11.8. The third kappa shape index (κ3) is 4.78.